The van der Waals surface area contributed by atoms with Crippen molar-refractivity contribution in [1.82, 2.24) is 9.71 Å². The van der Waals surface area contributed by atoms with Gasteiger partial charge >= 0.3 is 0 Å². The molecule has 0 aliphatic carbocycles. The van der Waals surface area contributed by atoms with Gasteiger partial charge in [-0.05, 0) is 48.4 Å². The van der Waals surface area contributed by atoms with Crippen molar-refractivity contribution in [3.8, 4) is 0 Å². The van der Waals surface area contributed by atoms with E-state index in [1.165, 1.54) is 0 Å². The van der Waals surface area contributed by atoms with E-state index in [9.17, 15) is 8.42 Å². The van der Waals surface area contributed by atoms with E-state index in [-0.39, 0.29) is 4.90 Å². The van der Waals surface area contributed by atoms with Gasteiger partial charge in [-0.2, -0.15) is 4.72 Å². The molecule has 0 aliphatic rings. The molecule has 1 heterocycles. The first-order valence-electron chi connectivity index (χ1n) is 8.84. The summed E-state index contributed by atoms with van der Waals surface area (Å²) in [6.45, 7) is 1.93. The SMILES string of the molecule is Cc1ccc(S(=O)(=O)N[C@H](c2ccc(Br)cc2)c2c[nH]c3ccccc23)cc1. The van der Waals surface area contributed by atoms with Crippen LogP contribution < -0.4 is 4.72 Å². The molecule has 2 N–H and O–H groups in total. The number of para-hydroxylation sites is 1. The Labute approximate surface area is 172 Å². The Hall–Kier alpha value is -2.41. The van der Waals surface area contributed by atoms with Crippen LogP contribution >= 0.6 is 15.9 Å². The van der Waals surface area contributed by atoms with Gasteiger partial charge in [-0.25, -0.2) is 8.42 Å². The lowest BCUT2D eigenvalue weighted by atomic mass is 9.99. The Morgan fingerprint density at radius 1 is 0.929 bits per heavy atom. The number of benzene rings is 3. The van der Waals surface area contributed by atoms with Crippen molar-refractivity contribution in [2.45, 2.75) is 17.9 Å². The highest BCUT2D eigenvalue weighted by Crippen LogP contribution is 2.31. The zero-order valence-corrected chi connectivity index (χ0v) is 17.6. The molecular weight excluding hydrogens is 436 g/mol. The van der Waals surface area contributed by atoms with Crippen molar-refractivity contribution in [2.75, 3.05) is 0 Å². The molecule has 4 nitrogen and oxygen atoms in total. The van der Waals surface area contributed by atoms with E-state index in [0.29, 0.717) is 0 Å². The molecule has 3 aromatic carbocycles. The van der Waals surface area contributed by atoms with Gasteiger partial charge < -0.3 is 4.98 Å². The molecule has 0 unspecified atom stereocenters. The lowest BCUT2D eigenvalue weighted by Gasteiger charge is -2.19. The van der Waals surface area contributed by atoms with Crippen LogP contribution in [-0.2, 0) is 10.0 Å². The van der Waals surface area contributed by atoms with E-state index >= 15 is 0 Å². The van der Waals surface area contributed by atoms with Crippen molar-refractivity contribution < 1.29 is 8.42 Å². The minimum absolute atomic E-state index is 0.250. The normalized spacial score (nSPS) is 12.9. The fraction of sp³-hybridized carbons (Fsp3) is 0.0909. The van der Waals surface area contributed by atoms with Crippen LogP contribution in [0.5, 0.6) is 0 Å². The Kier molecular flexibility index (Phi) is 5.10. The number of nitrogens with one attached hydrogen (secondary N) is 2. The van der Waals surface area contributed by atoms with Gasteiger partial charge in [0.05, 0.1) is 10.9 Å². The number of fused-ring (bicyclic) bond motifs is 1. The largest absolute Gasteiger partial charge is 0.361 e. The molecule has 1 atom stereocenters. The lowest BCUT2D eigenvalue weighted by molar-refractivity contribution is 0.572. The number of hydrogen-bond acceptors (Lipinski definition) is 2. The van der Waals surface area contributed by atoms with Crippen LogP contribution in [0.1, 0.15) is 22.7 Å². The van der Waals surface area contributed by atoms with E-state index in [4.69, 9.17) is 0 Å². The molecule has 6 heteroatoms. The van der Waals surface area contributed by atoms with E-state index in [2.05, 4.69) is 25.6 Å². The predicted molar refractivity (Wildman–Crippen MR) is 116 cm³/mol. The zero-order chi connectivity index (χ0) is 19.7. The number of halogens is 1. The molecule has 0 aliphatic heterocycles. The molecule has 4 aromatic rings. The van der Waals surface area contributed by atoms with Gasteiger partial charge in [0, 0.05) is 21.6 Å². The van der Waals surface area contributed by atoms with Gasteiger partial charge in [0.2, 0.25) is 10.0 Å². The second-order valence-electron chi connectivity index (χ2n) is 6.71. The van der Waals surface area contributed by atoms with Crippen LogP contribution in [0.3, 0.4) is 0 Å². The van der Waals surface area contributed by atoms with Crippen molar-refractivity contribution in [2.24, 2.45) is 0 Å². The molecule has 4 rings (SSSR count). The Balaban J connectivity index is 1.81. The summed E-state index contributed by atoms with van der Waals surface area (Å²) in [6.07, 6.45) is 1.87. The van der Waals surface area contributed by atoms with Gasteiger partial charge in [0.25, 0.3) is 0 Å². The quantitative estimate of drug-likeness (QED) is 0.429. The summed E-state index contributed by atoms with van der Waals surface area (Å²) in [6, 6.07) is 21.9. The number of aromatic amines is 1. The summed E-state index contributed by atoms with van der Waals surface area (Å²) in [5.74, 6) is 0. The fourth-order valence-corrected chi connectivity index (χ4v) is 4.71. The molecule has 0 bridgehead atoms. The van der Waals surface area contributed by atoms with Gasteiger partial charge in [-0.3, -0.25) is 0 Å². The van der Waals surface area contributed by atoms with E-state index in [1.807, 2.05) is 61.7 Å². The van der Waals surface area contributed by atoms with E-state index in [0.717, 1.165) is 32.1 Å². The van der Waals surface area contributed by atoms with Crippen molar-refractivity contribution in [1.29, 1.82) is 0 Å². The smallest absolute Gasteiger partial charge is 0.241 e. The molecule has 1 aromatic heterocycles. The van der Waals surface area contributed by atoms with E-state index < -0.39 is 16.1 Å². The highest BCUT2D eigenvalue weighted by molar-refractivity contribution is 9.10. The number of aryl methyl sites for hydroxylation is 1. The third-order valence-electron chi connectivity index (χ3n) is 4.74. The van der Waals surface area contributed by atoms with Crippen LogP contribution in [-0.4, -0.2) is 13.4 Å². The molecule has 0 amide bonds. The molecule has 0 saturated carbocycles. The summed E-state index contributed by atoms with van der Waals surface area (Å²) in [4.78, 5) is 3.49. The third-order valence-corrected chi connectivity index (χ3v) is 6.71. The number of hydrogen-bond donors (Lipinski definition) is 2. The monoisotopic (exact) mass is 454 g/mol. The fourth-order valence-electron chi connectivity index (χ4n) is 3.24. The van der Waals surface area contributed by atoms with Crippen molar-refractivity contribution >= 4 is 36.9 Å². The summed E-state index contributed by atoms with van der Waals surface area (Å²) < 4.78 is 30.0. The second kappa shape index (κ2) is 7.54. The van der Waals surface area contributed by atoms with Crippen molar-refractivity contribution in [3.05, 3.63) is 100 Å². The zero-order valence-electron chi connectivity index (χ0n) is 15.2. The second-order valence-corrected chi connectivity index (χ2v) is 9.34. The Morgan fingerprint density at radius 2 is 1.61 bits per heavy atom. The summed E-state index contributed by atoms with van der Waals surface area (Å²) in [7, 11) is -3.70. The lowest BCUT2D eigenvalue weighted by Crippen LogP contribution is -2.29. The first-order chi connectivity index (χ1) is 13.4. The van der Waals surface area contributed by atoms with Crippen LogP contribution in [0.15, 0.2) is 88.4 Å². The topological polar surface area (TPSA) is 62.0 Å². The first kappa shape index (κ1) is 18.9. The highest BCUT2D eigenvalue weighted by Gasteiger charge is 2.25. The maximum absolute atomic E-state index is 13.1. The molecule has 0 fully saturated rings. The minimum atomic E-state index is -3.70. The maximum atomic E-state index is 13.1. The van der Waals surface area contributed by atoms with Gasteiger partial charge in [-0.15, -0.1) is 0 Å². The number of rotatable bonds is 5. The minimum Gasteiger partial charge on any atom is -0.361 e. The first-order valence-corrected chi connectivity index (χ1v) is 11.1. The molecule has 0 radical (unpaired) electrons. The number of H-pyrrole nitrogens is 1. The maximum Gasteiger partial charge on any atom is 0.241 e. The molecule has 28 heavy (non-hydrogen) atoms. The third kappa shape index (κ3) is 3.76. The number of sulfonamides is 1. The molecule has 0 spiro atoms. The molecular formula is C22H19BrN2O2S. The predicted octanol–water partition coefficient (Wildman–Crippen LogP) is 5.31. The van der Waals surface area contributed by atoms with Gasteiger partial charge in [0.15, 0.2) is 0 Å². The van der Waals surface area contributed by atoms with Crippen LogP contribution in [0.25, 0.3) is 10.9 Å². The van der Waals surface area contributed by atoms with Gasteiger partial charge in [-0.1, -0.05) is 64.0 Å². The Bertz CT molecular complexity index is 1210. The van der Waals surface area contributed by atoms with Crippen LogP contribution in [0.2, 0.25) is 0 Å². The average Bonchev–Trinajstić information content (AvgIpc) is 3.11. The summed E-state index contributed by atoms with van der Waals surface area (Å²) >= 11 is 3.44. The van der Waals surface area contributed by atoms with E-state index in [1.54, 1.807) is 24.3 Å². The highest BCUT2D eigenvalue weighted by atomic mass is 79.9. The molecule has 142 valence electrons. The van der Waals surface area contributed by atoms with Gasteiger partial charge in [0.1, 0.15) is 0 Å². The standard InChI is InChI=1S/C22H19BrN2O2S/c1-15-6-12-18(13-7-15)28(26,27)25-22(16-8-10-17(23)11-9-16)20-14-24-21-5-3-2-4-19(20)21/h2-14,22,24-25H,1H3/t22-/m1/s1. The molecule has 0 saturated heterocycles. The van der Waals surface area contributed by atoms with Crippen molar-refractivity contribution in [3.63, 3.8) is 0 Å². The summed E-state index contributed by atoms with van der Waals surface area (Å²) in [5, 5.41) is 0.988. The average molecular weight is 455 g/mol. The van der Waals surface area contributed by atoms with Crippen LogP contribution in [0.4, 0.5) is 0 Å². The van der Waals surface area contributed by atoms with Crippen LogP contribution in [0, 0.1) is 6.92 Å². The number of aromatic nitrogens is 1. The Morgan fingerprint density at radius 3 is 2.32 bits per heavy atom. The summed E-state index contributed by atoms with van der Waals surface area (Å²) in [5.41, 5.74) is 3.73.